The quantitative estimate of drug-likeness (QED) is 0.614. The van der Waals surface area contributed by atoms with E-state index in [-0.39, 0.29) is 5.91 Å². The van der Waals surface area contributed by atoms with E-state index < -0.39 is 0 Å². The number of amides is 1. The van der Waals surface area contributed by atoms with Gasteiger partial charge in [-0.2, -0.15) is 0 Å². The molecule has 1 N–H and O–H groups in total. The Morgan fingerprint density at radius 2 is 2.04 bits per heavy atom. The minimum Gasteiger partial charge on any atom is -0.494 e. The number of nitrogens with zero attached hydrogens (tertiary/aromatic N) is 4. The van der Waals surface area contributed by atoms with Crippen molar-refractivity contribution in [3.63, 3.8) is 0 Å². The van der Waals surface area contributed by atoms with Gasteiger partial charge in [-0.05, 0) is 59.3 Å². The fraction of sp³-hybridized carbons (Fsp3) is 0.176. The average Bonchev–Trinajstić information content (AvgIpc) is 3.14. The molecule has 0 bridgehead atoms. The largest absolute Gasteiger partial charge is 0.494 e. The molecule has 1 aromatic heterocycles. The summed E-state index contributed by atoms with van der Waals surface area (Å²) in [7, 11) is 0. The number of benzene rings is 2. The molecule has 0 unspecified atom stereocenters. The summed E-state index contributed by atoms with van der Waals surface area (Å²) in [6, 6.07) is 14.9. The Morgan fingerprint density at radius 1 is 1.20 bits per heavy atom. The molecule has 0 radical (unpaired) electrons. The lowest BCUT2D eigenvalue weighted by molar-refractivity contribution is -0.116. The maximum absolute atomic E-state index is 12.0. The summed E-state index contributed by atoms with van der Waals surface area (Å²) in [5.41, 5.74) is 1.56. The Hall–Kier alpha value is -2.74. The third kappa shape index (κ3) is 5.12. The SMILES string of the molecule is O=C(CCCOc1cccc(Br)c1)Nc1ccc(-n2cnnn2)cc1. The fourth-order valence-electron chi connectivity index (χ4n) is 2.18. The molecule has 3 rings (SSSR count). The Bertz CT molecular complexity index is 821. The standard InChI is InChI=1S/C17H16BrN5O2/c18-13-3-1-4-16(11-13)25-10-2-5-17(24)20-14-6-8-15(9-7-14)23-12-19-21-22-23/h1,3-4,6-9,11-12H,2,5,10H2,(H,20,24). The van der Waals surface area contributed by atoms with Crippen LogP contribution in [0.4, 0.5) is 5.69 Å². The van der Waals surface area contributed by atoms with Gasteiger partial charge in [0, 0.05) is 16.6 Å². The van der Waals surface area contributed by atoms with Crippen LogP contribution in [0.15, 0.2) is 59.3 Å². The first kappa shape index (κ1) is 17.1. The number of ether oxygens (including phenoxy) is 1. The number of anilines is 1. The minimum absolute atomic E-state index is 0.0481. The van der Waals surface area contributed by atoms with Gasteiger partial charge in [0.25, 0.3) is 0 Å². The molecule has 0 atom stereocenters. The van der Waals surface area contributed by atoms with Gasteiger partial charge in [0.15, 0.2) is 0 Å². The van der Waals surface area contributed by atoms with Crippen LogP contribution in [0.1, 0.15) is 12.8 Å². The lowest BCUT2D eigenvalue weighted by Gasteiger charge is -2.08. The number of rotatable bonds is 7. The molecule has 128 valence electrons. The van der Waals surface area contributed by atoms with Crippen molar-refractivity contribution in [3.05, 3.63) is 59.3 Å². The van der Waals surface area contributed by atoms with E-state index in [1.807, 2.05) is 48.5 Å². The predicted molar refractivity (Wildman–Crippen MR) is 96.7 cm³/mol. The van der Waals surface area contributed by atoms with E-state index in [0.29, 0.717) is 19.4 Å². The van der Waals surface area contributed by atoms with Gasteiger partial charge >= 0.3 is 0 Å². The van der Waals surface area contributed by atoms with Crippen molar-refractivity contribution in [1.29, 1.82) is 0 Å². The van der Waals surface area contributed by atoms with Gasteiger partial charge in [-0.1, -0.05) is 22.0 Å². The summed E-state index contributed by atoms with van der Waals surface area (Å²) >= 11 is 3.39. The third-order valence-corrected chi connectivity index (χ3v) is 3.87. The zero-order valence-corrected chi connectivity index (χ0v) is 14.9. The highest BCUT2D eigenvalue weighted by atomic mass is 79.9. The molecule has 0 spiro atoms. The highest BCUT2D eigenvalue weighted by molar-refractivity contribution is 9.10. The van der Waals surface area contributed by atoms with Crippen molar-refractivity contribution in [3.8, 4) is 11.4 Å². The van der Waals surface area contributed by atoms with E-state index in [9.17, 15) is 4.79 Å². The van der Waals surface area contributed by atoms with Crippen LogP contribution in [0, 0.1) is 0 Å². The molecule has 3 aromatic rings. The first-order valence-corrected chi connectivity index (χ1v) is 8.52. The molecule has 25 heavy (non-hydrogen) atoms. The first-order valence-electron chi connectivity index (χ1n) is 7.72. The van der Waals surface area contributed by atoms with Crippen LogP contribution in [0.25, 0.3) is 5.69 Å². The summed E-state index contributed by atoms with van der Waals surface area (Å²) in [5.74, 6) is 0.737. The second-order valence-electron chi connectivity index (χ2n) is 5.26. The summed E-state index contributed by atoms with van der Waals surface area (Å²) in [5, 5.41) is 13.8. The van der Waals surface area contributed by atoms with Crippen LogP contribution in [-0.4, -0.2) is 32.7 Å². The number of hydrogen-bond acceptors (Lipinski definition) is 5. The van der Waals surface area contributed by atoms with Crippen LogP contribution >= 0.6 is 15.9 Å². The molecule has 0 aliphatic carbocycles. The lowest BCUT2D eigenvalue weighted by atomic mass is 10.2. The molecule has 1 amide bonds. The topological polar surface area (TPSA) is 81.9 Å². The van der Waals surface area contributed by atoms with Gasteiger partial charge in [0.1, 0.15) is 12.1 Å². The number of hydrogen-bond donors (Lipinski definition) is 1. The number of aromatic nitrogens is 4. The molecule has 7 nitrogen and oxygen atoms in total. The van der Waals surface area contributed by atoms with Gasteiger partial charge < -0.3 is 10.1 Å². The highest BCUT2D eigenvalue weighted by Crippen LogP contribution is 2.18. The van der Waals surface area contributed by atoms with E-state index in [0.717, 1.165) is 21.6 Å². The van der Waals surface area contributed by atoms with E-state index in [1.54, 1.807) is 4.68 Å². The monoisotopic (exact) mass is 401 g/mol. The van der Waals surface area contributed by atoms with Crippen molar-refractivity contribution < 1.29 is 9.53 Å². The maximum Gasteiger partial charge on any atom is 0.224 e. The first-order chi connectivity index (χ1) is 12.2. The highest BCUT2D eigenvalue weighted by Gasteiger charge is 2.04. The Balaban J connectivity index is 1.41. The van der Waals surface area contributed by atoms with E-state index in [2.05, 4.69) is 36.8 Å². The number of nitrogens with one attached hydrogen (secondary N) is 1. The number of carbonyl (C=O) groups excluding carboxylic acids is 1. The van der Waals surface area contributed by atoms with Crippen molar-refractivity contribution in [2.75, 3.05) is 11.9 Å². The zero-order valence-electron chi connectivity index (χ0n) is 13.3. The zero-order chi connectivity index (χ0) is 17.5. The number of halogens is 1. The molecule has 0 fully saturated rings. The number of carbonyl (C=O) groups is 1. The van der Waals surface area contributed by atoms with Crippen LogP contribution in [0.5, 0.6) is 5.75 Å². The molecule has 0 aliphatic heterocycles. The van der Waals surface area contributed by atoms with Crippen LogP contribution in [-0.2, 0) is 4.79 Å². The van der Waals surface area contributed by atoms with Crippen LogP contribution in [0.3, 0.4) is 0 Å². The van der Waals surface area contributed by atoms with E-state index >= 15 is 0 Å². The predicted octanol–water partition coefficient (Wildman–Crippen LogP) is 3.22. The van der Waals surface area contributed by atoms with Gasteiger partial charge in [0.2, 0.25) is 5.91 Å². The third-order valence-electron chi connectivity index (χ3n) is 3.38. The second kappa shape index (κ2) is 8.39. The lowest BCUT2D eigenvalue weighted by Crippen LogP contribution is -2.12. The molecule has 8 heteroatoms. The Labute approximate surface area is 153 Å². The molecule has 0 saturated carbocycles. The molecule has 0 aliphatic rings. The van der Waals surface area contributed by atoms with Gasteiger partial charge in [-0.15, -0.1) is 5.10 Å². The molecular weight excluding hydrogens is 386 g/mol. The van der Waals surface area contributed by atoms with E-state index in [4.69, 9.17) is 4.74 Å². The summed E-state index contributed by atoms with van der Waals surface area (Å²) in [6.45, 7) is 0.488. The second-order valence-corrected chi connectivity index (χ2v) is 6.17. The smallest absolute Gasteiger partial charge is 0.224 e. The Kier molecular flexibility index (Phi) is 5.73. The van der Waals surface area contributed by atoms with Crippen molar-refractivity contribution >= 4 is 27.5 Å². The van der Waals surface area contributed by atoms with Crippen molar-refractivity contribution in [1.82, 2.24) is 20.2 Å². The summed E-state index contributed by atoms with van der Waals surface area (Å²) < 4.78 is 8.13. The van der Waals surface area contributed by atoms with Gasteiger partial charge in [-0.3, -0.25) is 4.79 Å². The molecule has 0 saturated heterocycles. The molecule has 1 heterocycles. The molecule has 2 aromatic carbocycles. The maximum atomic E-state index is 12.0. The average molecular weight is 402 g/mol. The normalized spacial score (nSPS) is 10.4. The Morgan fingerprint density at radius 3 is 2.76 bits per heavy atom. The van der Waals surface area contributed by atoms with Gasteiger partial charge in [-0.25, -0.2) is 4.68 Å². The van der Waals surface area contributed by atoms with Crippen molar-refractivity contribution in [2.24, 2.45) is 0 Å². The van der Waals surface area contributed by atoms with Crippen LogP contribution in [0.2, 0.25) is 0 Å². The summed E-state index contributed by atoms with van der Waals surface area (Å²) in [4.78, 5) is 12.0. The fourth-order valence-corrected chi connectivity index (χ4v) is 2.56. The number of tetrazole rings is 1. The van der Waals surface area contributed by atoms with Crippen LogP contribution < -0.4 is 10.1 Å². The molecular formula is C17H16BrN5O2. The summed E-state index contributed by atoms with van der Waals surface area (Å²) in [6.07, 6.45) is 2.54. The van der Waals surface area contributed by atoms with Crippen molar-refractivity contribution in [2.45, 2.75) is 12.8 Å². The van der Waals surface area contributed by atoms with Gasteiger partial charge in [0.05, 0.1) is 12.3 Å². The minimum atomic E-state index is -0.0481. The van der Waals surface area contributed by atoms with E-state index in [1.165, 1.54) is 6.33 Å².